The molecule has 1 aromatic heterocycles. The SMILES string of the molecule is CCNC(=NCC(C)(C)NC(=O)OC(C)(C)C)NCCn1cccn1.I. The van der Waals surface area contributed by atoms with Crippen LogP contribution in [0.4, 0.5) is 4.79 Å². The van der Waals surface area contributed by atoms with Crippen LogP contribution in [0.5, 0.6) is 0 Å². The molecule has 0 saturated heterocycles. The molecule has 1 heterocycles. The third-order valence-corrected chi connectivity index (χ3v) is 3.01. The molecule has 3 N–H and O–H groups in total. The summed E-state index contributed by atoms with van der Waals surface area (Å²) in [5.41, 5.74) is -1.04. The topological polar surface area (TPSA) is 92.6 Å². The molecule has 150 valence electrons. The minimum Gasteiger partial charge on any atom is -0.444 e. The largest absolute Gasteiger partial charge is 0.444 e. The van der Waals surface area contributed by atoms with Crippen molar-refractivity contribution in [1.82, 2.24) is 25.7 Å². The Kier molecular flexibility index (Phi) is 10.6. The zero-order valence-corrected chi connectivity index (χ0v) is 19.0. The van der Waals surface area contributed by atoms with Crippen molar-refractivity contribution in [2.75, 3.05) is 19.6 Å². The number of nitrogens with one attached hydrogen (secondary N) is 3. The minimum absolute atomic E-state index is 0. The van der Waals surface area contributed by atoms with Gasteiger partial charge in [-0.1, -0.05) is 0 Å². The number of ether oxygens (including phenoxy) is 1. The fourth-order valence-electron chi connectivity index (χ4n) is 1.96. The molecule has 0 atom stereocenters. The molecule has 9 heteroatoms. The number of carbonyl (C=O) groups is 1. The lowest BCUT2D eigenvalue weighted by Crippen LogP contribution is -2.49. The molecule has 0 unspecified atom stereocenters. The van der Waals surface area contributed by atoms with Crippen LogP contribution in [0, 0.1) is 0 Å². The number of aromatic nitrogens is 2. The van der Waals surface area contributed by atoms with E-state index in [1.165, 1.54) is 0 Å². The standard InChI is InChI=1S/C17H32N6O2.HI/c1-7-18-14(19-10-12-23-11-8-9-21-23)20-13-17(5,6)22-15(24)25-16(2,3)4;/h8-9,11H,7,10,12-13H2,1-6H3,(H,22,24)(H2,18,19,20);1H. The summed E-state index contributed by atoms with van der Waals surface area (Å²) in [5.74, 6) is 0.703. The Morgan fingerprint density at radius 2 is 1.92 bits per heavy atom. The molecule has 8 nitrogen and oxygen atoms in total. The summed E-state index contributed by atoms with van der Waals surface area (Å²) in [6, 6.07) is 1.89. The fourth-order valence-corrected chi connectivity index (χ4v) is 1.96. The van der Waals surface area contributed by atoms with Gasteiger partial charge in [-0.15, -0.1) is 24.0 Å². The predicted molar refractivity (Wildman–Crippen MR) is 115 cm³/mol. The molecule has 1 amide bonds. The van der Waals surface area contributed by atoms with Crippen molar-refractivity contribution in [2.45, 2.75) is 59.2 Å². The second kappa shape index (κ2) is 11.2. The number of halogens is 1. The van der Waals surface area contributed by atoms with Gasteiger partial charge >= 0.3 is 6.09 Å². The van der Waals surface area contributed by atoms with E-state index in [9.17, 15) is 4.79 Å². The molecule has 26 heavy (non-hydrogen) atoms. The van der Waals surface area contributed by atoms with E-state index in [0.29, 0.717) is 19.0 Å². The lowest BCUT2D eigenvalue weighted by Gasteiger charge is -2.27. The van der Waals surface area contributed by atoms with Crippen LogP contribution in [0.25, 0.3) is 0 Å². The predicted octanol–water partition coefficient (Wildman–Crippen LogP) is 2.36. The first-order valence-electron chi connectivity index (χ1n) is 8.62. The zero-order valence-electron chi connectivity index (χ0n) is 16.6. The lowest BCUT2D eigenvalue weighted by molar-refractivity contribution is 0.0476. The van der Waals surface area contributed by atoms with Gasteiger partial charge in [0.1, 0.15) is 5.60 Å². The normalized spacial score (nSPS) is 12.2. The van der Waals surface area contributed by atoms with Gasteiger partial charge in [0.15, 0.2) is 5.96 Å². The number of alkyl carbamates (subject to hydrolysis) is 1. The van der Waals surface area contributed by atoms with Gasteiger partial charge in [0.05, 0.1) is 18.6 Å². The molecular formula is C17H33IN6O2. The first-order valence-corrected chi connectivity index (χ1v) is 8.62. The molecule has 0 aliphatic rings. The number of rotatable bonds is 7. The van der Waals surface area contributed by atoms with Crippen LogP contribution in [0.2, 0.25) is 0 Å². The Balaban J connectivity index is 0.00000625. The monoisotopic (exact) mass is 480 g/mol. The number of guanidine groups is 1. The summed E-state index contributed by atoms with van der Waals surface area (Å²) in [6.45, 7) is 14.0. The highest BCUT2D eigenvalue weighted by molar-refractivity contribution is 14.0. The molecule has 0 radical (unpaired) electrons. The average molecular weight is 480 g/mol. The van der Waals surface area contributed by atoms with Crippen molar-refractivity contribution >= 4 is 36.0 Å². The lowest BCUT2D eigenvalue weighted by atomic mass is 10.1. The number of nitrogens with zero attached hydrogens (tertiary/aromatic N) is 3. The third-order valence-electron chi connectivity index (χ3n) is 3.01. The van der Waals surface area contributed by atoms with E-state index in [0.717, 1.165) is 13.1 Å². The van der Waals surface area contributed by atoms with Crippen molar-refractivity contribution in [2.24, 2.45) is 4.99 Å². The molecule has 0 bridgehead atoms. The fraction of sp³-hybridized carbons (Fsp3) is 0.706. The van der Waals surface area contributed by atoms with Crippen LogP contribution in [0.3, 0.4) is 0 Å². The van der Waals surface area contributed by atoms with Gasteiger partial charge in [-0.2, -0.15) is 5.10 Å². The summed E-state index contributed by atoms with van der Waals surface area (Å²) in [5, 5.41) is 13.5. The Bertz CT molecular complexity index is 552. The Hall–Kier alpha value is -1.52. The van der Waals surface area contributed by atoms with Crippen LogP contribution in [-0.2, 0) is 11.3 Å². The summed E-state index contributed by atoms with van der Waals surface area (Å²) in [6.07, 6.45) is 3.23. The number of amides is 1. The van der Waals surface area contributed by atoms with Crippen LogP contribution in [-0.4, -0.2) is 52.6 Å². The Morgan fingerprint density at radius 3 is 2.46 bits per heavy atom. The van der Waals surface area contributed by atoms with Crippen LogP contribution >= 0.6 is 24.0 Å². The van der Waals surface area contributed by atoms with Gasteiger partial charge in [-0.05, 0) is 47.6 Å². The molecule has 0 fully saturated rings. The van der Waals surface area contributed by atoms with Gasteiger partial charge in [-0.3, -0.25) is 9.67 Å². The summed E-state index contributed by atoms with van der Waals surface area (Å²) in [4.78, 5) is 16.5. The van der Waals surface area contributed by atoms with Gasteiger partial charge in [0.25, 0.3) is 0 Å². The van der Waals surface area contributed by atoms with Gasteiger partial charge < -0.3 is 20.7 Å². The highest BCUT2D eigenvalue weighted by Crippen LogP contribution is 2.09. The van der Waals surface area contributed by atoms with Crippen molar-refractivity contribution < 1.29 is 9.53 Å². The number of hydrogen-bond donors (Lipinski definition) is 3. The quantitative estimate of drug-likeness (QED) is 0.317. The third kappa shape index (κ3) is 11.2. The van der Waals surface area contributed by atoms with E-state index in [1.807, 2.05) is 58.5 Å². The second-order valence-corrected chi connectivity index (χ2v) is 7.40. The molecule has 0 aromatic carbocycles. The molecule has 0 aliphatic heterocycles. The van der Waals surface area contributed by atoms with Gasteiger partial charge in [-0.25, -0.2) is 4.79 Å². The summed E-state index contributed by atoms with van der Waals surface area (Å²) < 4.78 is 7.15. The highest BCUT2D eigenvalue weighted by Gasteiger charge is 2.24. The first-order chi connectivity index (χ1) is 11.6. The molecule has 0 aliphatic carbocycles. The molecule has 1 rings (SSSR count). The van der Waals surface area contributed by atoms with Crippen LogP contribution in [0.15, 0.2) is 23.5 Å². The van der Waals surface area contributed by atoms with Crippen molar-refractivity contribution in [3.8, 4) is 0 Å². The minimum atomic E-state index is -0.521. The maximum Gasteiger partial charge on any atom is 0.408 e. The average Bonchev–Trinajstić information content (AvgIpc) is 2.95. The summed E-state index contributed by atoms with van der Waals surface area (Å²) >= 11 is 0. The maximum absolute atomic E-state index is 11.9. The zero-order chi connectivity index (χ0) is 18.9. The Morgan fingerprint density at radius 1 is 1.23 bits per heavy atom. The van der Waals surface area contributed by atoms with E-state index in [1.54, 1.807) is 6.20 Å². The van der Waals surface area contributed by atoms with E-state index in [4.69, 9.17) is 4.74 Å². The number of hydrogen-bond acceptors (Lipinski definition) is 4. The number of aliphatic imine (C=N–C) groups is 1. The highest BCUT2D eigenvalue weighted by atomic mass is 127. The van der Waals surface area contributed by atoms with Crippen LogP contribution < -0.4 is 16.0 Å². The molecule has 0 saturated carbocycles. The molecule has 0 spiro atoms. The number of carbonyl (C=O) groups excluding carboxylic acids is 1. The van der Waals surface area contributed by atoms with Gasteiger partial charge in [0.2, 0.25) is 0 Å². The van der Waals surface area contributed by atoms with E-state index in [2.05, 4.69) is 26.0 Å². The Labute approximate surface area is 173 Å². The van der Waals surface area contributed by atoms with Crippen LogP contribution in [0.1, 0.15) is 41.5 Å². The van der Waals surface area contributed by atoms with E-state index < -0.39 is 17.2 Å². The molecular weight excluding hydrogens is 447 g/mol. The maximum atomic E-state index is 11.9. The van der Waals surface area contributed by atoms with Gasteiger partial charge in [0, 0.05) is 25.5 Å². The van der Waals surface area contributed by atoms with Crippen molar-refractivity contribution in [3.63, 3.8) is 0 Å². The van der Waals surface area contributed by atoms with Crippen molar-refractivity contribution in [3.05, 3.63) is 18.5 Å². The second-order valence-electron chi connectivity index (χ2n) is 7.40. The van der Waals surface area contributed by atoms with Crippen molar-refractivity contribution in [1.29, 1.82) is 0 Å². The first kappa shape index (κ1) is 24.5. The smallest absolute Gasteiger partial charge is 0.408 e. The summed E-state index contributed by atoms with van der Waals surface area (Å²) in [7, 11) is 0. The van der Waals surface area contributed by atoms with E-state index >= 15 is 0 Å². The molecule has 1 aromatic rings. The van der Waals surface area contributed by atoms with E-state index in [-0.39, 0.29) is 24.0 Å².